The molecule has 0 radical (unpaired) electrons. The van der Waals surface area contributed by atoms with E-state index in [0.29, 0.717) is 5.92 Å². The molecule has 1 heterocycles. The Balaban J connectivity index is 2.23. The Bertz CT molecular complexity index is 272. The van der Waals surface area contributed by atoms with Crippen molar-refractivity contribution >= 4 is 0 Å². The van der Waals surface area contributed by atoms with E-state index in [9.17, 15) is 5.11 Å². The Morgan fingerprint density at radius 1 is 1.67 bits per heavy atom. The van der Waals surface area contributed by atoms with Crippen LogP contribution in [-0.2, 0) is 5.60 Å². The molecular formula is C10H13NO. The predicted octanol–water partition coefficient (Wildman–Crippen LogP) is 1.70. The lowest BCUT2D eigenvalue weighted by Gasteiger charge is -2.07. The first kappa shape index (κ1) is 7.74. The van der Waals surface area contributed by atoms with Crippen LogP contribution in [0.2, 0.25) is 0 Å². The second kappa shape index (κ2) is 2.56. The molecule has 12 heavy (non-hydrogen) atoms. The maximum atomic E-state index is 10.00. The van der Waals surface area contributed by atoms with E-state index in [0.717, 1.165) is 18.5 Å². The molecule has 0 aliphatic heterocycles. The van der Waals surface area contributed by atoms with Gasteiger partial charge in [-0.05, 0) is 24.5 Å². The first-order chi connectivity index (χ1) is 5.77. The normalized spacial score (nSPS) is 33.3. The van der Waals surface area contributed by atoms with Gasteiger partial charge in [0.15, 0.2) is 0 Å². The first-order valence-corrected chi connectivity index (χ1v) is 4.41. The molecule has 64 valence electrons. The van der Waals surface area contributed by atoms with Crippen LogP contribution in [0.1, 0.15) is 25.5 Å². The van der Waals surface area contributed by atoms with Gasteiger partial charge in [-0.25, -0.2) is 0 Å². The van der Waals surface area contributed by atoms with Gasteiger partial charge in [0, 0.05) is 6.20 Å². The summed E-state index contributed by atoms with van der Waals surface area (Å²) >= 11 is 0. The lowest BCUT2D eigenvalue weighted by Crippen LogP contribution is -2.10. The van der Waals surface area contributed by atoms with Gasteiger partial charge in [0.2, 0.25) is 0 Å². The zero-order valence-corrected chi connectivity index (χ0v) is 7.20. The molecule has 2 unspecified atom stereocenters. The third-order valence-electron chi connectivity index (χ3n) is 2.67. The van der Waals surface area contributed by atoms with Gasteiger partial charge in [0.05, 0.1) is 5.69 Å². The molecule has 0 aromatic carbocycles. The number of nitrogens with zero attached hydrogens (tertiary/aromatic N) is 1. The lowest BCUT2D eigenvalue weighted by molar-refractivity contribution is 0.125. The van der Waals surface area contributed by atoms with E-state index < -0.39 is 5.60 Å². The SMILES string of the molecule is CCC1CC1(O)c1ccccn1. The van der Waals surface area contributed by atoms with Crippen molar-refractivity contribution in [1.29, 1.82) is 0 Å². The maximum Gasteiger partial charge on any atom is 0.110 e. The average molecular weight is 163 g/mol. The molecule has 2 nitrogen and oxygen atoms in total. The molecule has 0 amide bonds. The summed E-state index contributed by atoms with van der Waals surface area (Å²) in [5.41, 5.74) is 0.229. The van der Waals surface area contributed by atoms with E-state index >= 15 is 0 Å². The van der Waals surface area contributed by atoms with Crippen molar-refractivity contribution < 1.29 is 5.11 Å². The van der Waals surface area contributed by atoms with Gasteiger partial charge in [-0.3, -0.25) is 4.98 Å². The summed E-state index contributed by atoms with van der Waals surface area (Å²) in [4.78, 5) is 4.16. The van der Waals surface area contributed by atoms with Crippen molar-refractivity contribution in [2.75, 3.05) is 0 Å². The maximum absolute atomic E-state index is 10.00. The molecule has 2 rings (SSSR count). The van der Waals surface area contributed by atoms with Crippen LogP contribution in [0.4, 0.5) is 0 Å². The van der Waals surface area contributed by atoms with Crippen LogP contribution in [0.3, 0.4) is 0 Å². The number of aliphatic hydroxyl groups is 1. The van der Waals surface area contributed by atoms with E-state index in [1.165, 1.54) is 0 Å². The Kier molecular flexibility index (Phi) is 1.65. The topological polar surface area (TPSA) is 33.1 Å². The molecule has 1 saturated carbocycles. The third-order valence-corrected chi connectivity index (χ3v) is 2.67. The van der Waals surface area contributed by atoms with Crippen molar-refractivity contribution in [3.8, 4) is 0 Å². The zero-order valence-electron chi connectivity index (χ0n) is 7.20. The molecule has 0 saturated heterocycles. The van der Waals surface area contributed by atoms with Gasteiger partial charge in [-0.1, -0.05) is 19.4 Å². The van der Waals surface area contributed by atoms with Crippen LogP contribution in [0.15, 0.2) is 24.4 Å². The highest BCUT2D eigenvalue weighted by Crippen LogP contribution is 2.52. The molecule has 1 aromatic rings. The summed E-state index contributed by atoms with van der Waals surface area (Å²) in [7, 11) is 0. The molecule has 1 aliphatic carbocycles. The second-order valence-corrected chi connectivity index (χ2v) is 3.45. The van der Waals surface area contributed by atoms with E-state index in [-0.39, 0.29) is 0 Å². The Morgan fingerprint density at radius 2 is 2.50 bits per heavy atom. The number of hydrogen-bond donors (Lipinski definition) is 1. The fraction of sp³-hybridized carbons (Fsp3) is 0.500. The minimum Gasteiger partial charge on any atom is -0.383 e. The van der Waals surface area contributed by atoms with Gasteiger partial charge in [-0.2, -0.15) is 0 Å². The van der Waals surface area contributed by atoms with Crippen molar-refractivity contribution in [3.63, 3.8) is 0 Å². The van der Waals surface area contributed by atoms with Gasteiger partial charge >= 0.3 is 0 Å². The molecule has 1 aliphatic rings. The van der Waals surface area contributed by atoms with Gasteiger partial charge in [0.25, 0.3) is 0 Å². The molecule has 2 atom stereocenters. The Labute approximate surface area is 72.3 Å². The first-order valence-electron chi connectivity index (χ1n) is 4.41. The largest absolute Gasteiger partial charge is 0.383 e. The summed E-state index contributed by atoms with van der Waals surface area (Å²) in [5, 5.41) is 10.00. The Hall–Kier alpha value is -0.890. The predicted molar refractivity (Wildman–Crippen MR) is 46.5 cm³/mol. The van der Waals surface area contributed by atoms with Gasteiger partial charge in [-0.15, -0.1) is 0 Å². The smallest absolute Gasteiger partial charge is 0.110 e. The summed E-state index contributed by atoms with van der Waals surface area (Å²) in [5.74, 6) is 0.424. The van der Waals surface area contributed by atoms with Crippen LogP contribution in [0.5, 0.6) is 0 Å². The van der Waals surface area contributed by atoms with Crippen molar-refractivity contribution in [2.45, 2.75) is 25.4 Å². The van der Waals surface area contributed by atoms with E-state index in [1.54, 1.807) is 6.20 Å². The lowest BCUT2D eigenvalue weighted by atomic mass is 10.1. The highest BCUT2D eigenvalue weighted by molar-refractivity contribution is 5.22. The molecule has 2 heteroatoms. The summed E-state index contributed by atoms with van der Waals surface area (Å²) in [6.07, 6.45) is 3.64. The summed E-state index contributed by atoms with van der Waals surface area (Å²) in [6.45, 7) is 2.10. The summed E-state index contributed by atoms with van der Waals surface area (Å²) in [6, 6.07) is 5.69. The van der Waals surface area contributed by atoms with Gasteiger partial charge < -0.3 is 5.11 Å². The number of hydrogen-bond acceptors (Lipinski definition) is 2. The van der Waals surface area contributed by atoms with Crippen LogP contribution in [0.25, 0.3) is 0 Å². The molecule has 1 fully saturated rings. The highest BCUT2D eigenvalue weighted by atomic mass is 16.3. The van der Waals surface area contributed by atoms with Crippen LogP contribution >= 0.6 is 0 Å². The van der Waals surface area contributed by atoms with Crippen molar-refractivity contribution in [1.82, 2.24) is 4.98 Å². The quantitative estimate of drug-likeness (QED) is 0.719. The molecular weight excluding hydrogens is 150 g/mol. The number of aromatic nitrogens is 1. The molecule has 0 bridgehead atoms. The van der Waals surface area contributed by atoms with Crippen LogP contribution < -0.4 is 0 Å². The molecule has 1 N–H and O–H groups in total. The third kappa shape index (κ3) is 1.03. The summed E-state index contributed by atoms with van der Waals surface area (Å²) < 4.78 is 0. The monoisotopic (exact) mass is 163 g/mol. The van der Waals surface area contributed by atoms with E-state index in [2.05, 4.69) is 11.9 Å². The highest BCUT2D eigenvalue weighted by Gasteiger charge is 2.53. The van der Waals surface area contributed by atoms with Crippen LogP contribution in [0, 0.1) is 5.92 Å². The van der Waals surface area contributed by atoms with Gasteiger partial charge in [0.1, 0.15) is 5.60 Å². The fourth-order valence-corrected chi connectivity index (χ4v) is 1.73. The second-order valence-electron chi connectivity index (χ2n) is 3.45. The fourth-order valence-electron chi connectivity index (χ4n) is 1.73. The van der Waals surface area contributed by atoms with Crippen LogP contribution in [-0.4, -0.2) is 10.1 Å². The molecule has 0 spiro atoms. The van der Waals surface area contributed by atoms with Crippen molar-refractivity contribution in [3.05, 3.63) is 30.1 Å². The minimum absolute atomic E-state index is 0.424. The standard InChI is InChI=1S/C10H13NO/c1-2-8-7-10(8,12)9-5-3-4-6-11-9/h3-6,8,12H,2,7H2,1H3. The average Bonchev–Trinajstić information content (AvgIpc) is 2.81. The minimum atomic E-state index is -0.601. The number of pyridine rings is 1. The van der Waals surface area contributed by atoms with E-state index in [1.807, 2.05) is 18.2 Å². The molecule has 1 aromatic heterocycles. The van der Waals surface area contributed by atoms with Crippen molar-refractivity contribution in [2.24, 2.45) is 5.92 Å². The number of rotatable bonds is 2. The Morgan fingerprint density at radius 3 is 3.00 bits per heavy atom. The zero-order chi connectivity index (χ0) is 8.60. The van der Waals surface area contributed by atoms with E-state index in [4.69, 9.17) is 0 Å².